The lowest BCUT2D eigenvalue weighted by molar-refractivity contribution is 0.102. The number of hydrogen-bond acceptors (Lipinski definition) is 4. The van der Waals surface area contributed by atoms with Gasteiger partial charge < -0.3 is 15.4 Å². The van der Waals surface area contributed by atoms with Gasteiger partial charge in [0.15, 0.2) is 0 Å². The Morgan fingerprint density at radius 2 is 1.96 bits per heavy atom. The third-order valence-corrected chi connectivity index (χ3v) is 3.06. The molecule has 0 aliphatic heterocycles. The summed E-state index contributed by atoms with van der Waals surface area (Å²) in [7, 11) is 1.63. The van der Waals surface area contributed by atoms with Crippen molar-refractivity contribution in [1.82, 2.24) is 4.98 Å². The molecule has 0 spiro atoms. The number of pyridine rings is 1. The van der Waals surface area contributed by atoms with Crippen molar-refractivity contribution in [1.29, 1.82) is 0 Å². The molecule has 0 atom stereocenters. The first-order valence-electron chi connectivity index (χ1n) is 7.06. The lowest BCUT2D eigenvalue weighted by Crippen LogP contribution is -2.15. The van der Waals surface area contributed by atoms with Gasteiger partial charge in [0, 0.05) is 26.5 Å². The van der Waals surface area contributed by atoms with Crippen molar-refractivity contribution in [3.63, 3.8) is 0 Å². The van der Waals surface area contributed by atoms with Crippen LogP contribution in [0.5, 0.6) is 0 Å². The SMILES string of the molecule is COCCCNc1ccc(C(=O)Nc2c(F)cccc2F)cn1. The molecule has 1 amide bonds. The Kier molecular flexibility index (Phi) is 5.99. The molecular weight excluding hydrogens is 304 g/mol. The molecule has 0 saturated carbocycles. The van der Waals surface area contributed by atoms with Gasteiger partial charge in [0.2, 0.25) is 0 Å². The molecule has 5 nitrogen and oxygen atoms in total. The number of amides is 1. The minimum atomic E-state index is -0.831. The van der Waals surface area contributed by atoms with E-state index in [9.17, 15) is 13.6 Å². The van der Waals surface area contributed by atoms with Crippen LogP contribution in [0.4, 0.5) is 20.3 Å². The van der Waals surface area contributed by atoms with E-state index in [0.29, 0.717) is 19.0 Å². The fourth-order valence-corrected chi connectivity index (χ4v) is 1.87. The van der Waals surface area contributed by atoms with Gasteiger partial charge in [0.1, 0.15) is 23.1 Å². The van der Waals surface area contributed by atoms with Crippen LogP contribution in [0.15, 0.2) is 36.5 Å². The van der Waals surface area contributed by atoms with Gasteiger partial charge in [-0.05, 0) is 30.7 Å². The lowest BCUT2D eigenvalue weighted by Gasteiger charge is -2.08. The highest BCUT2D eigenvalue weighted by molar-refractivity contribution is 6.04. The van der Waals surface area contributed by atoms with Crippen molar-refractivity contribution in [2.24, 2.45) is 0 Å². The molecule has 122 valence electrons. The van der Waals surface area contributed by atoms with Crippen LogP contribution in [-0.2, 0) is 4.74 Å². The Morgan fingerprint density at radius 3 is 2.57 bits per heavy atom. The van der Waals surface area contributed by atoms with Gasteiger partial charge in [-0.2, -0.15) is 0 Å². The highest BCUT2D eigenvalue weighted by Gasteiger charge is 2.13. The standard InChI is InChI=1S/C16H17F2N3O2/c1-23-9-3-8-19-14-7-6-11(10-20-14)16(22)21-15-12(17)4-2-5-13(15)18/h2,4-7,10H,3,8-9H2,1H3,(H,19,20)(H,21,22). The molecule has 0 saturated heterocycles. The number of methoxy groups -OCH3 is 1. The summed E-state index contributed by atoms with van der Waals surface area (Å²) in [5, 5.41) is 5.28. The summed E-state index contributed by atoms with van der Waals surface area (Å²) in [4.78, 5) is 16.1. The molecule has 1 aromatic heterocycles. The zero-order valence-electron chi connectivity index (χ0n) is 12.6. The van der Waals surface area contributed by atoms with Crippen molar-refractivity contribution < 1.29 is 18.3 Å². The second-order valence-corrected chi connectivity index (χ2v) is 4.76. The minimum Gasteiger partial charge on any atom is -0.385 e. The Morgan fingerprint density at radius 1 is 1.22 bits per heavy atom. The van der Waals surface area contributed by atoms with E-state index in [0.717, 1.165) is 18.6 Å². The number of para-hydroxylation sites is 1. The molecule has 0 bridgehead atoms. The molecule has 0 radical (unpaired) electrons. The van der Waals surface area contributed by atoms with Crippen LogP contribution in [0.2, 0.25) is 0 Å². The maximum absolute atomic E-state index is 13.5. The van der Waals surface area contributed by atoms with Gasteiger partial charge >= 0.3 is 0 Å². The topological polar surface area (TPSA) is 63.2 Å². The van der Waals surface area contributed by atoms with E-state index in [1.165, 1.54) is 18.3 Å². The number of nitrogens with zero attached hydrogens (tertiary/aromatic N) is 1. The molecule has 2 N–H and O–H groups in total. The highest BCUT2D eigenvalue weighted by Crippen LogP contribution is 2.19. The van der Waals surface area contributed by atoms with E-state index in [2.05, 4.69) is 15.6 Å². The Bertz CT molecular complexity index is 643. The zero-order valence-corrected chi connectivity index (χ0v) is 12.6. The first kappa shape index (κ1) is 16.8. The number of aromatic nitrogens is 1. The zero-order chi connectivity index (χ0) is 16.7. The molecule has 7 heteroatoms. The summed E-state index contributed by atoms with van der Waals surface area (Å²) in [5.74, 6) is -1.69. The first-order valence-corrected chi connectivity index (χ1v) is 7.06. The van der Waals surface area contributed by atoms with Gasteiger partial charge in [-0.25, -0.2) is 13.8 Å². The van der Waals surface area contributed by atoms with Crippen LogP contribution in [0.25, 0.3) is 0 Å². The lowest BCUT2D eigenvalue weighted by atomic mass is 10.2. The van der Waals surface area contributed by atoms with Gasteiger partial charge in [-0.3, -0.25) is 4.79 Å². The second kappa shape index (κ2) is 8.19. The van der Waals surface area contributed by atoms with Crippen LogP contribution in [0.1, 0.15) is 16.8 Å². The third kappa shape index (κ3) is 4.72. The molecule has 2 rings (SSSR count). The van der Waals surface area contributed by atoms with Crippen molar-refractivity contribution in [3.05, 3.63) is 53.7 Å². The Hall–Kier alpha value is -2.54. The third-order valence-electron chi connectivity index (χ3n) is 3.06. The molecular formula is C16H17F2N3O2. The Balaban J connectivity index is 1.97. The van der Waals surface area contributed by atoms with Crippen LogP contribution >= 0.6 is 0 Å². The molecule has 23 heavy (non-hydrogen) atoms. The van der Waals surface area contributed by atoms with Crippen LogP contribution in [0, 0.1) is 11.6 Å². The van der Waals surface area contributed by atoms with E-state index in [4.69, 9.17) is 4.74 Å². The van der Waals surface area contributed by atoms with E-state index < -0.39 is 23.2 Å². The fourth-order valence-electron chi connectivity index (χ4n) is 1.87. The average molecular weight is 321 g/mol. The van der Waals surface area contributed by atoms with Gasteiger partial charge in [0.25, 0.3) is 5.91 Å². The number of carbonyl (C=O) groups excluding carboxylic acids is 1. The van der Waals surface area contributed by atoms with Gasteiger partial charge in [0.05, 0.1) is 5.56 Å². The summed E-state index contributed by atoms with van der Waals surface area (Å²) in [6, 6.07) is 6.53. The number of halogens is 2. The fraction of sp³-hybridized carbons (Fsp3) is 0.250. The maximum Gasteiger partial charge on any atom is 0.257 e. The van der Waals surface area contributed by atoms with Crippen LogP contribution in [0.3, 0.4) is 0 Å². The van der Waals surface area contributed by atoms with Crippen LogP contribution in [-0.4, -0.2) is 31.2 Å². The van der Waals surface area contributed by atoms with Crippen molar-refractivity contribution >= 4 is 17.4 Å². The normalized spacial score (nSPS) is 10.4. The monoisotopic (exact) mass is 321 g/mol. The summed E-state index contributed by atoms with van der Waals surface area (Å²) < 4.78 is 31.9. The number of nitrogens with one attached hydrogen (secondary N) is 2. The predicted molar refractivity (Wildman–Crippen MR) is 83.5 cm³/mol. The van der Waals surface area contributed by atoms with E-state index >= 15 is 0 Å². The number of hydrogen-bond donors (Lipinski definition) is 2. The summed E-state index contributed by atoms with van der Waals surface area (Å²) in [5.41, 5.74) is -0.269. The molecule has 1 aromatic carbocycles. The van der Waals surface area contributed by atoms with Crippen molar-refractivity contribution in [2.45, 2.75) is 6.42 Å². The molecule has 0 aliphatic rings. The predicted octanol–water partition coefficient (Wildman–Crippen LogP) is 3.06. The first-order chi connectivity index (χ1) is 11.1. The minimum absolute atomic E-state index is 0.204. The molecule has 0 unspecified atom stereocenters. The summed E-state index contributed by atoms with van der Waals surface area (Å²) >= 11 is 0. The maximum atomic E-state index is 13.5. The largest absolute Gasteiger partial charge is 0.385 e. The molecule has 0 aliphatic carbocycles. The van der Waals surface area contributed by atoms with Gasteiger partial charge in [-0.1, -0.05) is 6.07 Å². The molecule has 2 aromatic rings. The van der Waals surface area contributed by atoms with E-state index in [1.54, 1.807) is 13.2 Å². The van der Waals surface area contributed by atoms with E-state index in [1.807, 2.05) is 0 Å². The number of benzene rings is 1. The van der Waals surface area contributed by atoms with Crippen molar-refractivity contribution in [3.8, 4) is 0 Å². The molecule has 1 heterocycles. The quantitative estimate of drug-likeness (QED) is 0.769. The highest BCUT2D eigenvalue weighted by atomic mass is 19.1. The Labute approximate surface area is 132 Å². The molecule has 0 fully saturated rings. The average Bonchev–Trinajstić information content (AvgIpc) is 2.55. The second-order valence-electron chi connectivity index (χ2n) is 4.76. The number of carbonyl (C=O) groups is 1. The van der Waals surface area contributed by atoms with E-state index in [-0.39, 0.29) is 5.56 Å². The summed E-state index contributed by atoms with van der Waals surface area (Å²) in [6.07, 6.45) is 2.17. The number of anilines is 2. The smallest absolute Gasteiger partial charge is 0.257 e. The van der Waals surface area contributed by atoms with Crippen LogP contribution < -0.4 is 10.6 Å². The number of ether oxygens (including phenoxy) is 1. The number of rotatable bonds is 7. The summed E-state index contributed by atoms with van der Waals surface area (Å²) in [6.45, 7) is 1.33. The van der Waals surface area contributed by atoms with Gasteiger partial charge in [-0.15, -0.1) is 0 Å². The van der Waals surface area contributed by atoms with Crippen molar-refractivity contribution in [2.75, 3.05) is 30.9 Å².